The zero-order chi connectivity index (χ0) is 16.3. The third-order valence-electron chi connectivity index (χ3n) is 3.31. The highest BCUT2D eigenvalue weighted by Gasteiger charge is 2.20. The van der Waals surface area contributed by atoms with Gasteiger partial charge in [-0.25, -0.2) is 4.79 Å². The molecule has 0 saturated heterocycles. The van der Waals surface area contributed by atoms with Crippen LogP contribution >= 0.6 is 0 Å². The van der Waals surface area contributed by atoms with Gasteiger partial charge in [0.1, 0.15) is 5.75 Å². The van der Waals surface area contributed by atoms with Gasteiger partial charge < -0.3 is 9.47 Å². The zero-order valence-corrected chi connectivity index (χ0v) is 12.5. The summed E-state index contributed by atoms with van der Waals surface area (Å²) in [6.07, 6.45) is 0. The van der Waals surface area contributed by atoms with E-state index in [1.165, 1.54) is 25.3 Å². The molecular weight excluding hydrogens is 286 g/mol. The van der Waals surface area contributed by atoms with Crippen LogP contribution in [0.4, 0.5) is 5.69 Å². The lowest BCUT2D eigenvalue weighted by Gasteiger charge is -2.08. The fourth-order valence-corrected chi connectivity index (χ4v) is 1.88. The number of carbonyl (C=O) groups excluding carboxylic acids is 1. The second kappa shape index (κ2) is 6.26. The van der Waals surface area contributed by atoms with E-state index in [-0.39, 0.29) is 11.4 Å². The first kappa shape index (κ1) is 15.5. The average molecular weight is 301 g/mol. The summed E-state index contributed by atoms with van der Waals surface area (Å²) >= 11 is 0. The van der Waals surface area contributed by atoms with E-state index >= 15 is 0 Å². The predicted octanol–water partition coefficient (Wildman–Crippen LogP) is 3.44. The number of rotatable bonds is 4. The van der Waals surface area contributed by atoms with E-state index in [4.69, 9.17) is 9.47 Å². The molecule has 0 aliphatic carbocycles. The Morgan fingerprint density at radius 1 is 1.09 bits per heavy atom. The lowest BCUT2D eigenvalue weighted by atomic mass is 10.1. The Balaban J connectivity index is 2.31. The second-order valence-electron chi connectivity index (χ2n) is 4.78. The minimum atomic E-state index is -0.642. The first-order chi connectivity index (χ1) is 10.4. The minimum Gasteiger partial charge on any atom is -0.496 e. The lowest BCUT2D eigenvalue weighted by Crippen LogP contribution is -2.10. The monoisotopic (exact) mass is 301 g/mol. The summed E-state index contributed by atoms with van der Waals surface area (Å²) in [4.78, 5) is 22.6. The van der Waals surface area contributed by atoms with Crippen LogP contribution in [0.25, 0.3) is 0 Å². The first-order valence-corrected chi connectivity index (χ1v) is 6.54. The van der Waals surface area contributed by atoms with Crippen molar-refractivity contribution < 1.29 is 19.2 Å². The zero-order valence-electron chi connectivity index (χ0n) is 12.5. The van der Waals surface area contributed by atoms with Gasteiger partial charge in [0.25, 0.3) is 0 Å². The number of nitrogens with zero attached hydrogens (tertiary/aromatic N) is 1. The average Bonchev–Trinajstić information content (AvgIpc) is 2.50. The van der Waals surface area contributed by atoms with Gasteiger partial charge >= 0.3 is 11.7 Å². The largest absolute Gasteiger partial charge is 0.496 e. The van der Waals surface area contributed by atoms with Crippen molar-refractivity contribution in [2.75, 3.05) is 7.11 Å². The normalized spacial score (nSPS) is 10.1. The van der Waals surface area contributed by atoms with Gasteiger partial charge in [-0.1, -0.05) is 6.07 Å². The molecule has 0 aromatic heterocycles. The fraction of sp³-hybridized carbons (Fsp3) is 0.188. The molecule has 0 fully saturated rings. The molecule has 2 aromatic rings. The number of aryl methyl sites for hydroxylation is 2. The number of ether oxygens (including phenoxy) is 2. The van der Waals surface area contributed by atoms with Crippen LogP contribution in [0.1, 0.15) is 21.5 Å². The third-order valence-corrected chi connectivity index (χ3v) is 3.31. The van der Waals surface area contributed by atoms with E-state index < -0.39 is 10.9 Å². The van der Waals surface area contributed by atoms with E-state index in [2.05, 4.69) is 0 Å². The van der Waals surface area contributed by atoms with Gasteiger partial charge in [-0.3, -0.25) is 10.1 Å². The number of hydrogen-bond acceptors (Lipinski definition) is 5. The molecule has 0 aliphatic rings. The van der Waals surface area contributed by atoms with Crippen LogP contribution in [0.5, 0.6) is 11.5 Å². The summed E-state index contributed by atoms with van der Waals surface area (Å²) in [6, 6.07) is 9.16. The molecule has 0 unspecified atom stereocenters. The minimum absolute atomic E-state index is 0.117. The number of hydrogen-bond donors (Lipinski definition) is 0. The Morgan fingerprint density at radius 2 is 1.82 bits per heavy atom. The van der Waals surface area contributed by atoms with E-state index in [1.807, 2.05) is 13.8 Å². The van der Waals surface area contributed by atoms with Crippen LogP contribution in [0.2, 0.25) is 0 Å². The molecule has 0 atom stereocenters. The van der Waals surface area contributed by atoms with Crippen molar-refractivity contribution in [3.05, 3.63) is 63.2 Å². The molecule has 2 rings (SSSR count). The maximum absolute atomic E-state index is 12.1. The summed E-state index contributed by atoms with van der Waals surface area (Å²) in [5, 5.41) is 11.1. The van der Waals surface area contributed by atoms with Crippen molar-refractivity contribution in [3.63, 3.8) is 0 Å². The molecule has 0 N–H and O–H groups in total. The van der Waals surface area contributed by atoms with Gasteiger partial charge in [0.05, 0.1) is 23.7 Å². The van der Waals surface area contributed by atoms with E-state index in [9.17, 15) is 14.9 Å². The molecule has 0 radical (unpaired) electrons. The standard InChI is InChI=1S/C16H15NO5/c1-10-4-5-12(8-11(10)2)16(18)22-15-7-6-13(21-3)9-14(15)17(19)20/h4-9H,1-3H3. The summed E-state index contributed by atoms with van der Waals surface area (Å²) in [7, 11) is 1.40. The molecule has 0 amide bonds. The second-order valence-corrected chi connectivity index (χ2v) is 4.78. The smallest absolute Gasteiger partial charge is 0.343 e. The van der Waals surface area contributed by atoms with Crippen molar-refractivity contribution in [1.82, 2.24) is 0 Å². The van der Waals surface area contributed by atoms with Crippen LogP contribution in [-0.4, -0.2) is 18.0 Å². The van der Waals surface area contributed by atoms with Gasteiger partial charge in [-0.05, 0) is 49.2 Å². The van der Waals surface area contributed by atoms with Crippen LogP contribution < -0.4 is 9.47 Å². The maximum Gasteiger partial charge on any atom is 0.343 e. The van der Waals surface area contributed by atoms with Crippen LogP contribution in [0, 0.1) is 24.0 Å². The number of nitro groups is 1. The SMILES string of the molecule is COc1ccc(OC(=O)c2ccc(C)c(C)c2)c([N+](=O)[O-])c1. The molecule has 114 valence electrons. The Bertz CT molecular complexity index is 739. The van der Waals surface area contributed by atoms with Gasteiger partial charge in [-0.15, -0.1) is 0 Å². The molecule has 0 heterocycles. The van der Waals surface area contributed by atoms with Gasteiger partial charge in [0, 0.05) is 0 Å². The predicted molar refractivity (Wildman–Crippen MR) is 80.5 cm³/mol. The van der Waals surface area contributed by atoms with Crippen molar-refractivity contribution in [3.8, 4) is 11.5 Å². The van der Waals surface area contributed by atoms with E-state index in [0.717, 1.165) is 11.1 Å². The van der Waals surface area contributed by atoms with Gasteiger partial charge in [-0.2, -0.15) is 0 Å². The topological polar surface area (TPSA) is 78.7 Å². The highest BCUT2D eigenvalue weighted by molar-refractivity contribution is 5.91. The van der Waals surface area contributed by atoms with Gasteiger partial charge in [0.2, 0.25) is 5.75 Å². The summed E-state index contributed by atoms with van der Waals surface area (Å²) in [6.45, 7) is 3.81. The maximum atomic E-state index is 12.1. The molecule has 6 heteroatoms. The Hall–Kier alpha value is -2.89. The van der Waals surface area contributed by atoms with Crippen molar-refractivity contribution in [2.24, 2.45) is 0 Å². The summed E-state index contributed by atoms with van der Waals surface area (Å²) in [5.74, 6) is -0.442. The number of methoxy groups -OCH3 is 1. The Kier molecular flexibility index (Phi) is 4.41. The molecule has 0 aliphatic heterocycles. The molecule has 22 heavy (non-hydrogen) atoms. The molecule has 0 spiro atoms. The lowest BCUT2D eigenvalue weighted by molar-refractivity contribution is -0.385. The quantitative estimate of drug-likeness (QED) is 0.374. The Morgan fingerprint density at radius 3 is 2.41 bits per heavy atom. The van der Waals surface area contributed by atoms with Crippen molar-refractivity contribution in [2.45, 2.75) is 13.8 Å². The summed E-state index contributed by atoms with van der Waals surface area (Å²) < 4.78 is 10.1. The van der Waals surface area contributed by atoms with Crippen LogP contribution in [0.15, 0.2) is 36.4 Å². The highest BCUT2D eigenvalue weighted by Crippen LogP contribution is 2.31. The van der Waals surface area contributed by atoms with Gasteiger partial charge in [0.15, 0.2) is 0 Å². The fourth-order valence-electron chi connectivity index (χ4n) is 1.88. The Labute approximate surface area is 127 Å². The molecule has 6 nitrogen and oxygen atoms in total. The van der Waals surface area contributed by atoms with Crippen LogP contribution in [-0.2, 0) is 0 Å². The van der Waals surface area contributed by atoms with Crippen LogP contribution in [0.3, 0.4) is 0 Å². The molecule has 0 saturated carbocycles. The highest BCUT2D eigenvalue weighted by atomic mass is 16.6. The number of carbonyl (C=O) groups is 1. The number of nitro benzene ring substituents is 1. The van der Waals surface area contributed by atoms with E-state index in [1.54, 1.807) is 18.2 Å². The molecular formula is C16H15NO5. The molecule has 0 bridgehead atoms. The van der Waals surface area contributed by atoms with Crippen molar-refractivity contribution in [1.29, 1.82) is 0 Å². The number of esters is 1. The van der Waals surface area contributed by atoms with Crippen molar-refractivity contribution >= 4 is 11.7 Å². The third kappa shape index (κ3) is 3.22. The first-order valence-electron chi connectivity index (χ1n) is 6.54. The molecule has 2 aromatic carbocycles. The van der Waals surface area contributed by atoms with E-state index in [0.29, 0.717) is 11.3 Å². The number of benzene rings is 2. The summed E-state index contributed by atoms with van der Waals surface area (Å²) in [5.41, 5.74) is 2.01.